The molecule has 0 atom stereocenters. The van der Waals surface area contributed by atoms with Crippen molar-refractivity contribution in [1.82, 2.24) is 5.32 Å². The van der Waals surface area contributed by atoms with Gasteiger partial charge in [0.05, 0.1) is 0 Å². The minimum atomic E-state index is 0.198. The van der Waals surface area contributed by atoms with Crippen molar-refractivity contribution in [2.75, 3.05) is 6.54 Å². The molecule has 0 saturated carbocycles. The first-order valence-corrected chi connectivity index (χ1v) is 10.8. The number of hydrogen-bond acceptors (Lipinski definition) is 2. The molecule has 2 heteroatoms. The fourth-order valence-electron chi connectivity index (χ4n) is 3.73. The number of fused-ring (bicyclic) bond motifs is 2. The lowest BCUT2D eigenvalue weighted by Crippen LogP contribution is -2.14. The Hall–Kier alpha value is -1.31. The lowest BCUT2D eigenvalue weighted by Gasteiger charge is -2.07. The molecule has 2 aliphatic carbocycles. The highest BCUT2D eigenvalue weighted by Gasteiger charge is 2.26. The van der Waals surface area contributed by atoms with Gasteiger partial charge in [-0.15, -0.1) is 0 Å². The standard InChI is InChI=1S/C23H37NO/c1-2-3-4-5-6-7-8-9-10-11-12-13-14-15-18-24-22-19-20-16-17-21(22)23(20)25/h16-17,19,24H,2-15,18H2,1H3. The number of ketones is 1. The largest absolute Gasteiger partial charge is 0.384 e. The van der Waals surface area contributed by atoms with E-state index in [2.05, 4.69) is 12.2 Å². The molecular formula is C23H37NO. The zero-order valence-corrected chi connectivity index (χ0v) is 16.2. The summed E-state index contributed by atoms with van der Waals surface area (Å²) < 4.78 is 0. The molecule has 2 aliphatic rings. The van der Waals surface area contributed by atoms with Gasteiger partial charge < -0.3 is 5.32 Å². The summed E-state index contributed by atoms with van der Waals surface area (Å²) in [6.45, 7) is 3.27. The van der Waals surface area contributed by atoms with E-state index in [1.165, 1.54) is 89.9 Å². The second-order valence-corrected chi connectivity index (χ2v) is 7.61. The van der Waals surface area contributed by atoms with Crippen LogP contribution in [0.25, 0.3) is 0 Å². The fourth-order valence-corrected chi connectivity index (χ4v) is 3.73. The molecule has 0 aliphatic heterocycles. The van der Waals surface area contributed by atoms with E-state index >= 15 is 0 Å². The van der Waals surface area contributed by atoms with Crippen LogP contribution in [0.1, 0.15) is 96.8 Å². The van der Waals surface area contributed by atoms with Crippen LogP contribution in [0.15, 0.2) is 35.1 Å². The van der Waals surface area contributed by atoms with Crippen LogP contribution in [0, 0.1) is 0 Å². The molecule has 0 spiro atoms. The molecule has 0 aromatic rings. The maximum Gasteiger partial charge on any atom is 0.195 e. The van der Waals surface area contributed by atoms with Gasteiger partial charge >= 0.3 is 0 Å². The van der Waals surface area contributed by atoms with E-state index in [1.54, 1.807) is 0 Å². The van der Waals surface area contributed by atoms with Crippen LogP contribution in [0.3, 0.4) is 0 Å². The van der Waals surface area contributed by atoms with Gasteiger partial charge in [0, 0.05) is 23.4 Å². The molecule has 2 nitrogen and oxygen atoms in total. The Kier molecular flexibility index (Phi) is 9.69. The van der Waals surface area contributed by atoms with E-state index < -0.39 is 0 Å². The topological polar surface area (TPSA) is 29.1 Å². The number of allylic oxidation sites excluding steroid dienone is 5. The van der Waals surface area contributed by atoms with Crippen LogP contribution in [-0.4, -0.2) is 12.3 Å². The molecule has 0 heterocycles. The van der Waals surface area contributed by atoms with E-state index in [1.807, 2.05) is 18.2 Å². The molecular weight excluding hydrogens is 306 g/mol. The van der Waals surface area contributed by atoms with Gasteiger partial charge in [-0.1, -0.05) is 96.5 Å². The molecule has 0 radical (unpaired) electrons. The van der Waals surface area contributed by atoms with E-state index in [-0.39, 0.29) is 5.78 Å². The highest BCUT2D eigenvalue weighted by atomic mass is 16.1. The van der Waals surface area contributed by atoms with E-state index in [4.69, 9.17) is 0 Å². The number of unbranched alkanes of at least 4 members (excludes halogenated alkanes) is 13. The summed E-state index contributed by atoms with van der Waals surface area (Å²) >= 11 is 0. The minimum Gasteiger partial charge on any atom is -0.384 e. The maximum absolute atomic E-state index is 11.7. The molecule has 25 heavy (non-hydrogen) atoms. The van der Waals surface area contributed by atoms with E-state index in [0.717, 1.165) is 23.4 Å². The zero-order chi connectivity index (χ0) is 17.7. The molecule has 140 valence electrons. The number of carbonyl (C=O) groups excluding carboxylic acids is 1. The van der Waals surface area contributed by atoms with Gasteiger partial charge in [0.1, 0.15) is 0 Å². The highest BCUT2D eigenvalue weighted by molar-refractivity contribution is 6.18. The Morgan fingerprint density at radius 1 is 0.720 bits per heavy atom. The van der Waals surface area contributed by atoms with Gasteiger partial charge in [-0.25, -0.2) is 0 Å². The van der Waals surface area contributed by atoms with Crippen LogP contribution in [0.2, 0.25) is 0 Å². The average Bonchev–Trinajstić information content (AvgIpc) is 3.13. The second kappa shape index (κ2) is 12.1. The van der Waals surface area contributed by atoms with Crippen LogP contribution >= 0.6 is 0 Å². The third-order valence-corrected chi connectivity index (χ3v) is 5.37. The number of carbonyl (C=O) groups is 1. The zero-order valence-electron chi connectivity index (χ0n) is 16.2. The summed E-state index contributed by atoms with van der Waals surface area (Å²) in [5, 5.41) is 3.42. The molecule has 0 amide bonds. The summed E-state index contributed by atoms with van der Waals surface area (Å²) in [6, 6.07) is 0. The van der Waals surface area contributed by atoms with Crippen molar-refractivity contribution in [3.63, 3.8) is 0 Å². The van der Waals surface area contributed by atoms with Gasteiger partial charge in [-0.05, 0) is 18.6 Å². The normalized spacial score (nSPS) is 15.4. The summed E-state index contributed by atoms with van der Waals surface area (Å²) in [5.74, 6) is 0.198. The van der Waals surface area contributed by atoms with Crippen molar-refractivity contribution in [2.24, 2.45) is 0 Å². The second-order valence-electron chi connectivity index (χ2n) is 7.61. The van der Waals surface area contributed by atoms with Gasteiger partial charge in [0.2, 0.25) is 0 Å². The number of rotatable bonds is 16. The molecule has 0 aromatic heterocycles. The predicted molar refractivity (Wildman–Crippen MR) is 108 cm³/mol. The van der Waals surface area contributed by atoms with Gasteiger partial charge in [-0.2, -0.15) is 0 Å². The van der Waals surface area contributed by atoms with Crippen molar-refractivity contribution >= 4 is 5.78 Å². The minimum absolute atomic E-state index is 0.198. The molecule has 0 unspecified atom stereocenters. The molecule has 0 saturated heterocycles. The van der Waals surface area contributed by atoms with Crippen LogP contribution in [0.5, 0.6) is 0 Å². The first-order valence-electron chi connectivity index (χ1n) is 10.8. The van der Waals surface area contributed by atoms with Gasteiger partial charge in [0.15, 0.2) is 5.78 Å². The third kappa shape index (κ3) is 7.22. The van der Waals surface area contributed by atoms with E-state index in [9.17, 15) is 4.79 Å². The van der Waals surface area contributed by atoms with Gasteiger partial charge in [-0.3, -0.25) is 4.79 Å². The molecule has 0 fully saturated rings. The summed E-state index contributed by atoms with van der Waals surface area (Å²) in [5.41, 5.74) is 2.75. The lowest BCUT2D eigenvalue weighted by atomic mass is 10.0. The number of hydrogen-bond donors (Lipinski definition) is 1. The van der Waals surface area contributed by atoms with Gasteiger partial charge in [0.25, 0.3) is 0 Å². The smallest absolute Gasteiger partial charge is 0.195 e. The summed E-state index contributed by atoms with van der Waals surface area (Å²) in [7, 11) is 0. The van der Waals surface area contributed by atoms with Crippen molar-refractivity contribution in [2.45, 2.75) is 96.8 Å². The Labute approximate surface area is 154 Å². The monoisotopic (exact) mass is 343 g/mol. The maximum atomic E-state index is 11.7. The molecule has 1 N–H and O–H groups in total. The van der Waals surface area contributed by atoms with Crippen molar-refractivity contribution in [1.29, 1.82) is 0 Å². The Morgan fingerprint density at radius 3 is 1.68 bits per heavy atom. The molecule has 2 rings (SSSR count). The van der Waals surface area contributed by atoms with Crippen molar-refractivity contribution in [3.8, 4) is 0 Å². The van der Waals surface area contributed by atoms with E-state index in [0.29, 0.717) is 0 Å². The number of nitrogens with one attached hydrogen (secondary N) is 1. The summed E-state index contributed by atoms with van der Waals surface area (Å²) in [6.07, 6.45) is 25.3. The summed E-state index contributed by atoms with van der Waals surface area (Å²) in [4.78, 5) is 11.7. The fraction of sp³-hybridized carbons (Fsp3) is 0.696. The Morgan fingerprint density at radius 2 is 1.24 bits per heavy atom. The molecule has 2 bridgehead atoms. The third-order valence-electron chi connectivity index (χ3n) is 5.37. The SMILES string of the molecule is CCCCCCCCCCCCCCCCNC1=C2C=CC(=C1)C2=O. The quantitative estimate of drug-likeness (QED) is 0.329. The highest BCUT2D eigenvalue weighted by Crippen LogP contribution is 2.28. The first-order chi connectivity index (χ1) is 12.3. The first kappa shape index (κ1) is 20.0. The van der Waals surface area contributed by atoms with Crippen molar-refractivity contribution in [3.05, 3.63) is 35.1 Å². The van der Waals surface area contributed by atoms with Crippen LogP contribution in [-0.2, 0) is 4.79 Å². The Bertz CT molecular complexity index is 498. The number of Topliss-reactive ketones (excluding diaryl/α,β-unsaturated/α-hetero) is 1. The molecule has 0 aromatic carbocycles. The van der Waals surface area contributed by atoms with Crippen LogP contribution < -0.4 is 5.32 Å². The Balaban J connectivity index is 1.31. The predicted octanol–water partition coefficient (Wildman–Crippen LogP) is 6.39. The van der Waals surface area contributed by atoms with Crippen LogP contribution in [0.4, 0.5) is 0 Å². The van der Waals surface area contributed by atoms with Crippen molar-refractivity contribution < 1.29 is 4.79 Å². The average molecular weight is 344 g/mol. The lowest BCUT2D eigenvalue weighted by molar-refractivity contribution is -0.111.